The van der Waals surface area contributed by atoms with Crippen LogP contribution < -0.4 is 10.1 Å². The van der Waals surface area contributed by atoms with Crippen molar-refractivity contribution in [3.8, 4) is 5.75 Å². The molecule has 2 aliphatic heterocycles. The van der Waals surface area contributed by atoms with Gasteiger partial charge < -0.3 is 10.1 Å². The Morgan fingerprint density at radius 2 is 1.81 bits per heavy atom. The van der Waals surface area contributed by atoms with E-state index in [1.54, 1.807) is 0 Å². The van der Waals surface area contributed by atoms with Gasteiger partial charge in [0.2, 0.25) is 5.91 Å². The van der Waals surface area contributed by atoms with Crippen molar-refractivity contribution in [1.29, 1.82) is 0 Å². The third kappa shape index (κ3) is 5.45. The summed E-state index contributed by atoms with van der Waals surface area (Å²) >= 11 is 0. The molecule has 3 aliphatic rings. The van der Waals surface area contributed by atoms with Crippen LogP contribution in [-0.4, -0.2) is 67.1 Å². The van der Waals surface area contributed by atoms with Crippen molar-refractivity contribution in [3.05, 3.63) is 30.3 Å². The van der Waals surface area contributed by atoms with Crippen LogP contribution in [0.15, 0.2) is 30.3 Å². The Bertz CT molecular complexity index is 597. The van der Waals surface area contributed by atoms with Gasteiger partial charge in [0, 0.05) is 25.2 Å². The van der Waals surface area contributed by atoms with E-state index in [1.807, 2.05) is 30.3 Å². The lowest BCUT2D eigenvalue weighted by molar-refractivity contribution is -0.127. The fourth-order valence-corrected chi connectivity index (χ4v) is 4.42. The zero-order valence-electron chi connectivity index (χ0n) is 16.3. The number of carbonyl (C=O) groups is 1. The Morgan fingerprint density at radius 3 is 2.56 bits per heavy atom. The first-order valence-electron chi connectivity index (χ1n) is 10.7. The molecule has 27 heavy (non-hydrogen) atoms. The number of likely N-dealkylation sites (tertiary alicyclic amines) is 2. The highest BCUT2D eigenvalue weighted by Gasteiger charge is 2.33. The van der Waals surface area contributed by atoms with Crippen molar-refractivity contribution < 1.29 is 9.53 Å². The lowest BCUT2D eigenvalue weighted by Crippen LogP contribution is -2.51. The Morgan fingerprint density at radius 1 is 1.04 bits per heavy atom. The Hall–Kier alpha value is -1.59. The highest BCUT2D eigenvalue weighted by Crippen LogP contribution is 2.26. The number of piperidine rings is 2. The Kier molecular flexibility index (Phi) is 6.30. The fraction of sp³-hybridized carbons (Fsp3) is 0.682. The number of nitrogens with zero attached hydrogens (tertiary/aromatic N) is 2. The summed E-state index contributed by atoms with van der Waals surface area (Å²) in [7, 11) is 0. The average molecular weight is 372 g/mol. The SMILES string of the molecule is O=C(NC1CC1)C1CCCN(C2CCN(CCOc3ccccc3)CC2)C1. The molecular weight excluding hydrogens is 338 g/mol. The van der Waals surface area contributed by atoms with Crippen molar-refractivity contribution >= 4 is 5.91 Å². The first-order chi connectivity index (χ1) is 13.3. The normalized spacial score (nSPS) is 25.3. The minimum Gasteiger partial charge on any atom is -0.492 e. The third-order valence-corrected chi connectivity index (χ3v) is 6.24. The molecule has 3 fully saturated rings. The standard InChI is InChI=1S/C22H33N3O2/c26-22(23-19-8-9-19)18-5-4-12-25(17-18)20-10-13-24(14-11-20)15-16-27-21-6-2-1-3-7-21/h1-3,6-7,18-20H,4-5,8-17H2,(H,23,26). The summed E-state index contributed by atoms with van der Waals surface area (Å²) in [6, 6.07) is 11.2. The molecule has 2 saturated heterocycles. The van der Waals surface area contributed by atoms with Crippen LogP contribution in [0, 0.1) is 5.92 Å². The number of ether oxygens (including phenoxy) is 1. The van der Waals surface area contributed by atoms with Crippen LogP contribution in [0.1, 0.15) is 38.5 Å². The monoisotopic (exact) mass is 371 g/mol. The highest BCUT2D eigenvalue weighted by atomic mass is 16.5. The van der Waals surface area contributed by atoms with Crippen molar-refractivity contribution in [1.82, 2.24) is 15.1 Å². The first kappa shape index (κ1) is 18.8. The summed E-state index contributed by atoms with van der Waals surface area (Å²) < 4.78 is 5.83. The second-order valence-electron chi connectivity index (χ2n) is 8.35. The molecule has 1 aromatic carbocycles. The summed E-state index contributed by atoms with van der Waals surface area (Å²) in [4.78, 5) is 17.5. The molecule has 4 rings (SSSR count). The molecule has 0 spiro atoms. The van der Waals surface area contributed by atoms with E-state index in [1.165, 1.54) is 25.7 Å². The summed E-state index contributed by atoms with van der Waals surface area (Å²) in [5.74, 6) is 1.46. The van der Waals surface area contributed by atoms with Gasteiger partial charge in [-0.15, -0.1) is 0 Å². The van der Waals surface area contributed by atoms with E-state index < -0.39 is 0 Å². The van der Waals surface area contributed by atoms with Gasteiger partial charge in [-0.05, 0) is 70.3 Å². The van der Waals surface area contributed by atoms with E-state index in [4.69, 9.17) is 4.74 Å². The smallest absolute Gasteiger partial charge is 0.224 e. The number of hydrogen-bond donors (Lipinski definition) is 1. The Balaban J connectivity index is 1.16. The van der Waals surface area contributed by atoms with Crippen molar-refractivity contribution in [2.75, 3.05) is 39.3 Å². The van der Waals surface area contributed by atoms with Gasteiger partial charge in [0.15, 0.2) is 0 Å². The topological polar surface area (TPSA) is 44.8 Å². The first-order valence-corrected chi connectivity index (χ1v) is 10.7. The van der Waals surface area contributed by atoms with Gasteiger partial charge in [-0.2, -0.15) is 0 Å². The largest absolute Gasteiger partial charge is 0.492 e. The minimum absolute atomic E-state index is 0.205. The summed E-state index contributed by atoms with van der Waals surface area (Å²) in [5, 5.41) is 3.20. The molecule has 5 heteroatoms. The number of rotatable bonds is 7. The highest BCUT2D eigenvalue weighted by molar-refractivity contribution is 5.79. The molecule has 0 radical (unpaired) electrons. The predicted octanol–water partition coefficient (Wildman–Crippen LogP) is 2.52. The van der Waals surface area contributed by atoms with Gasteiger partial charge in [0.05, 0.1) is 5.92 Å². The maximum atomic E-state index is 12.4. The van der Waals surface area contributed by atoms with Crippen LogP contribution >= 0.6 is 0 Å². The molecule has 1 atom stereocenters. The number of amides is 1. The zero-order valence-corrected chi connectivity index (χ0v) is 16.3. The van der Waals surface area contributed by atoms with Gasteiger partial charge in [-0.25, -0.2) is 0 Å². The molecule has 0 bridgehead atoms. The molecule has 1 aliphatic carbocycles. The molecule has 1 saturated carbocycles. The fourth-order valence-electron chi connectivity index (χ4n) is 4.42. The maximum Gasteiger partial charge on any atom is 0.224 e. The molecule has 1 unspecified atom stereocenters. The van der Waals surface area contributed by atoms with Gasteiger partial charge >= 0.3 is 0 Å². The lowest BCUT2D eigenvalue weighted by Gasteiger charge is -2.42. The van der Waals surface area contributed by atoms with E-state index in [0.29, 0.717) is 18.0 Å². The van der Waals surface area contributed by atoms with Crippen LogP contribution in [0.4, 0.5) is 0 Å². The summed E-state index contributed by atoms with van der Waals surface area (Å²) in [6.07, 6.45) is 6.99. The van der Waals surface area contributed by atoms with Crippen molar-refractivity contribution in [2.45, 2.75) is 50.6 Å². The molecule has 5 nitrogen and oxygen atoms in total. The maximum absolute atomic E-state index is 12.4. The Labute approximate surface area is 163 Å². The predicted molar refractivity (Wildman–Crippen MR) is 107 cm³/mol. The van der Waals surface area contributed by atoms with Gasteiger partial charge in [-0.3, -0.25) is 14.6 Å². The van der Waals surface area contributed by atoms with E-state index in [-0.39, 0.29) is 5.92 Å². The van der Waals surface area contributed by atoms with Gasteiger partial charge in [0.25, 0.3) is 0 Å². The third-order valence-electron chi connectivity index (χ3n) is 6.24. The van der Waals surface area contributed by atoms with Crippen LogP contribution in [0.2, 0.25) is 0 Å². The second-order valence-corrected chi connectivity index (χ2v) is 8.35. The average Bonchev–Trinajstić information content (AvgIpc) is 3.53. The van der Waals surface area contributed by atoms with E-state index in [9.17, 15) is 4.79 Å². The number of nitrogens with one attached hydrogen (secondary N) is 1. The minimum atomic E-state index is 0.205. The van der Waals surface area contributed by atoms with Gasteiger partial charge in [-0.1, -0.05) is 18.2 Å². The van der Waals surface area contributed by atoms with Gasteiger partial charge in [0.1, 0.15) is 12.4 Å². The molecule has 1 amide bonds. The molecule has 1 aromatic rings. The summed E-state index contributed by atoms with van der Waals surface area (Å²) in [5.41, 5.74) is 0. The number of carbonyl (C=O) groups excluding carboxylic acids is 1. The number of hydrogen-bond acceptors (Lipinski definition) is 4. The number of para-hydroxylation sites is 1. The molecule has 0 aromatic heterocycles. The van der Waals surface area contributed by atoms with Crippen LogP contribution in [0.3, 0.4) is 0 Å². The van der Waals surface area contributed by atoms with E-state index in [0.717, 1.165) is 57.9 Å². The molecular formula is C22H33N3O2. The van der Waals surface area contributed by atoms with Crippen LogP contribution in [0.5, 0.6) is 5.75 Å². The lowest BCUT2D eigenvalue weighted by atomic mass is 9.93. The quantitative estimate of drug-likeness (QED) is 0.800. The van der Waals surface area contributed by atoms with Crippen molar-refractivity contribution in [2.24, 2.45) is 5.92 Å². The van der Waals surface area contributed by atoms with Crippen LogP contribution in [-0.2, 0) is 4.79 Å². The van der Waals surface area contributed by atoms with E-state index >= 15 is 0 Å². The molecule has 148 valence electrons. The second kappa shape index (κ2) is 9.07. The molecule has 1 N–H and O–H groups in total. The number of benzene rings is 1. The molecule has 2 heterocycles. The van der Waals surface area contributed by atoms with E-state index in [2.05, 4.69) is 15.1 Å². The van der Waals surface area contributed by atoms with Crippen LogP contribution in [0.25, 0.3) is 0 Å². The van der Waals surface area contributed by atoms with Crippen molar-refractivity contribution in [3.63, 3.8) is 0 Å². The zero-order chi connectivity index (χ0) is 18.5. The summed E-state index contributed by atoms with van der Waals surface area (Å²) in [6.45, 7) is 6.14.